The van der Waals surface area contributed by atoms with E-state index in [1.165, 1.54) is 12.8 Å². The summed E-state index contributed by atoms with van der Waals surface area (Å²) in [4.78, 5) is 46.3. The maximum absolute atomic E-state index is 12.1. The Kier molecular flexibility index (Phi) is 6.83. The molecule has 8 nitrogen and oxygen atoms in total. The molecule has 0 bridgehead atoms. The third kappa shape index (κ3) is 4.50. The number of ketones is 1. The number of Topliss-reactive ketones (excluding diaryl/α,β-unsaturated/α-hetero) is 1. The van der Waals surface area contributed by atoms with E-state index in [-0.39, 0.29) is 29.1 Å². The number of anilines is 1. The minimum absolute atomic E-state index is 0.0231. The van der Waals surface area contributed by atoms with Crippen LogP contribution in [0.15, 0.2) is 47.5 Å². The van der Waals surface area contributed by atoms with Crippen molar-refractivity contribution in [1.29, 1.82) is 0 Å². The van der Waals surface area contributed by atoms with E-state index >= 15 is 0 Å². The van der Waals surface area contributed by atoms with Gasteiger partial charge in [0.05, 0.1) is 10.6 Å². The molecule has 8 heteroatoms. The fourth-order valence-corrected chi connectivity index (χ4v) is 3.90. The molecule has 0 unspecified atom stereocenters. The molecule has 2 aromatic rings. The average Bonchev–Trinajstić information content (AvgIpc) is 3.04. The van der Waals surface area contributed by atoms with Gasteiger partial charge in [-0.3, -0.25) is 19.9 Å². The number of hydrogen-bond acceptors (Lipinski definition) is 7. The van der Waals surface area contributed by atoms with Gasteiger partial charge in [0.2, 0.25) is 0 Å². The van der Waals surface area contributed by atoms with Crippen LogP contribution in [0.3, 0.4) is 0 Å². The molecule has 2 aliphatic rings. The molecule has 1 saturated heterocycles. The summed E-state index contributed by atoms with van der Waals surface area (Å²) in [5.74, 6) is -0.0231. The van der Waals surface area contributed by atoms with E-state index in [9.17, 15) is 14.9 Å². The second-order valence-electron chi connectivity index (χ2n) is 7.08. The fourth-order valence-electron chi connectivity index (χ4n) is 3.90. The van der Waals surface area contributed by atoms with Gasteiger partial charge >= 0.3 is 6.15 Å². The molecule has 0 N–H and O–H groups in total. The molecular weight excluding hydrogens is 386 g/mol. The normalized spacial score (nSPS) is 15.7. The lowest BCUT2D eigenvalue weighted by Gasteiger charge is -2.23. The number of nitro groups is 1. The van der Waals surface area contributed by atoms with E-state index in [0.29, 0.717) is 22.5 Å². The number of carbonyl (C=O) groups is 1. The highest BCUT2D eigenvalue weighted by atomic mass is 16.6. The number of benzene rings is 2. The Morgan fingerprint density at radius 2 is 1.60 bits per heavy atom. The first-order valence-corrected chi connectivity index (χ1v) is 9.77. The number of nitrogens with zero attached hydrogens (tertiary/aromatic N) is 3. The second kappa shape index (κ2) is 9.71. The monoisotopic (exact) mass is 407 g/mol. The number of aliphatic imine (C=N–C) groups is 1. The topological polar surface area (TPSA) is 110 Å². The van der Waals surface area contributed by atoms with Crippen LogP contribution in [-0.4, -0.2) is 42.2 Å². The fraction of sp³-hybridized carbons (Fsp3) is 0.318. The van der Waals surface area contributed by atoms with Crippen LogP contribution in [0.4, 0.5) is 11.4 Å². The summed E-state index contributed by atoms with van der Waals surface area (Å²) in [6.07, 6.45) is 4.70. The third-order valence-electron chi connectivity index (χ3n) is 5.26. The van der Waals surface area contributed by atoms with Crippen molar-refractivity contribution in [3.05, 3.63) is 69.3 Å². The van der Waals surface area contributed by atoms with Gasteiger partial charge in [0, 0.05) is 35.8 Å². The van der Waals surface area contributed by atoms with E-state index in [4.69, 9.17) is 9.59 Å². The summed E-state index contributed by atoms with van der Waals surface area (Å²) in [7, 11) is 0. The largest absolute Gasteiger partial charge is 0.373 e. The van der Waals surface area contributed by atoms with E-state index in [2.05, 4.69) is 9.89 Å². The summed E-state index contributed by atoms with van der Waals surface area (Å²) in [6.45, 7) is 1.77. The standard InChI is InChI=1S/C21H21N3O3.CO2/c25-20-14-22-21(17-8-4-3-7-16(17)20)15-9-10-18(19(13-15)24(26)27)23-11-5-1-2-6-12-23;2-1-3/h3-4,7-10,13H,1-2,5-6,11-12,14H2;. The van der Waals surface area contributed by atoms with Crippen LogP contribution in [0, 0.1) is 10.1 Å². The molecule has 0 aromatic heterocycles. The zero-order valence-electron chi connectivity index (χ0n) is 16.4. The summed E-state index contributed by atoms with van der Waals surface area (Å²) >= 11 is 0. The van der Waals surface area contributed by atoms with Crippen LogP contribution in [-0.2, 0) is 9.59 Å². The van der Waals surface area contributed by atoms with Crippen LogP contribution < -0.4 is 4.90 Å². The molecular formula is C22H21N3O5. The van der Waals surface area contributed by atoms with E-state index in [1.54, 1.807) is 12.1 Å². The SMILES string of the molecule is O=C1CN=C(c2ccc(N3CCCCCC3)c([N+](=O)[O-])c2)c2ccccc21.O=C=O. The van der Waals surface area contributed by atoms with Gasteiger partial charge in [-0.1, -0.05) is 43.2 Å². The van der Waals surface area contributed by atoms with E-state index < -0.39 is 0 Å². The summed E-state index contributed by atoms with van der Waals surface area (Å²) in [6, 6.07) is 12.6. The molecule has 0 spiro atoms. The summed E-state index contributed by atoms with van der Waals surface area (Å²) < 4.78 is 0. The highest BCUT2D eigenvalue weighted by molar-refractivity contribution is 6.22. The van der Waals surface area contributed by atoms with Gasteiger partial charge in [-0.2, -0.15) is 9.59 Å². The number of rotatable bonds is 3. The zero-order valence-corrected chi connectivity index (χ0v) is 16.4. The minimum Gasteiger partial charge on any atom is -0.366 e. The molecule has 154 valence electrons. The van der Waals surface area contributed by atoms with Crippen molar-refractivity contribution in [2.24, 2.45) is 4.99 Å². The number of nitro benzene ring substituents is 1. The number of hydrogen-bond donors (Lipinski definition) is 0. The molecule has 2 aromatic carbocycles. The molecule has 30 heavy (non-hydrogen) atoms. The zero-order chi connectivity index (χ0) is 21.5. The molecule has 0 radical (unpaired) electrons. The van der Waals surface area contributed by atoms with Crippen molar-refractivity contribution in [2.75, 3.05) is 24.5 Å². The van der Waals surface area contributed by atoms with Crippen LogP contribution in [0.1, 0.15) is 47.2 Å². The molecule has 4 rings (SSSR count). The van der Waals surface area contributed by atoms with Crippen molar-refractivity contribution in [1.82, 2.24) is 0 Å². The number of fused-ring (bicyclic) bond motifs is 1. The van der Waals surface area contributed by atoms with Crippen LogP contribution in [0.5, 0.6) is 0 Å². The van der Waals surface area contributed by atoms with Gasteiger partial charge in [0.25, 0.3) is 5.69 Å². The first-order valence-electron chi connectivity index (χ1n) is 9.77. The maximum Gasteiger partial charge on any atom is 0.373 e. The van der Waals surface area contributed by atoms with E-state index in [1.807, 2.05) is 30.3 Å². The Labute approximate surface area is 173 Å². The average molecular weight is 407 g/mol. The van der Waals surface area contributed by atoms with Gasteiger partial charge in [0.15, 0.2) is 5.78 Å². The van der Waals surface area contributed by atoms with Crippen LogP contribution in [0.25, 0.3) is 0 Å². The molecule has 0 saturated carbocycles. The molecule has 2 heterocycles. The Balaban J connectivity index is 0.000000806. The van der Waals surface area contributed by atoms with Gasteiger partial charge in [-0.15, -0.1) is 0 Å². The first-order chi connectivity index (χ1) is 14.6. The lowest BCUT2D eigenvalue weighted by molar-refractivity contribution is -0.384. The molecule has 0 aliphatic carbocycles. The highest BCUT2D eigenvalue weighted by Gasteiger charge is 2.25. The summed E-state index contributed by atoms with van der Waals surface area (Å²) in [5.41, 5.74) is 3.47. The Morgan fingerprint density at radius 1 is 0.967 bits per heavy atom. The Hall–Kier alpha value is -3.64. The van der Waals surface area contributed by atoms with Crippen LogP contribution >= 0.6 is 0 Å². The minimum atomic E-state index is -0.315. The van der Waals surface area contributed by atoms with Crippen molar-refractivity contribution in [2.45, 2.75) is 25.7 Å². The third-order valence-corrected chi connectivity index (χ3v) is 5.26. The quantitative estimate of drug-likeness (QED) is 0.569. The smallest absolute Gasteiger partial charge is 0.366 e. The van der Waals surface area contributed by atoms with Crippen LogP contribution in [0.2, 0.25) is 0 Å². The van der Waals surface area contributed by atoms with Crippen molar-refractivity contribution in [3.63, 3.8) is 0 Å². The first kappa shape index (κ1) is 21.1. The van der Waals surface area contributed by atoms with Crippen molar-refractivity contribution in [3.8, 4) is 0 Å². The Bertz CT molecular complexity index is 1020. The highest BCUT2D eigenvalue weighted by Crippen LogP contribution is 2.32. The van der Waals surface area contributed by atoms with Crippen molar-refractivity contribution < 1.29 is 19.3 Å². The van der Waals surface area contributed by atoms with Gasteiger partial charge in [0.1, 0.15) is 12.2 Å². The van der Waals surface area contributed by atoms with Crippen molar-refractivity contribution >= 4 is 29.0 Å². The Morgan fingerprint density at radius 3 is 2.23 bits per heavy atom. The predicted molar refractivity (Wildman–Crippen MR) is 110 cm³/mol. The number of carbonyl (C=O) groups excluding carboxylic acids is 3. The van der Waals surface area contributed by atoms with E-state index in [0.717, 1.165) is 31.5 Å². The maximum atomic E-state index is 12.1. The lowest BCUT2D eigenvalue weighted by atomic mass is 9.92. The summed E-state index contributed by atoms with van der Waals surface area (Å²) in [5, 5.41) is 11.8. The molecule has 1 fully saturated rings. The second-order valence-corrected chi connectivity index (χ2v) is 7.08. The molecule has 0 atom stereocenters. The lowest BCUT2D eigenvalue weighted by Crippen LogP contribution is -2.25. The predicted octanol–water partition coefficient (Wildman–Crippen LogP) is 3.43. The molecule has 0 amide bonds. The van der Waals surface area contributed by atoms with Gasteiger partial charge in [-0.25, -0.2) is 0 Å². The van der Waals surface area contributed by atoms with Gasteiger partial charge in [-0.05, 0) is 18.9 Å². The molecule has 2 aliphatic heterocycles. The van der Waals surface area contributed by atoms with Gasteiger partial charge < -0.3 is 4.90 Å².